The molecule has 0 aliphatic carbocycles. The number of ether oxygens (including phenoxy) is 9. The number of aromatic nitrogens is 3. The van der Waals surface area contributed by atoms with Gasteiger partial charge in [0.1, 0.15) is 29.7 Å². The van der Waals surface area contributed by atoms with E-state index in [1.807, 2.05) is 51.2 Å². The number of rotatable bonds is 28. The first-order valence-corrected chi connectivity index (χ1v) is 26.9. The third kappa shape index (κ3) is 20.1. The van der Waals surface area contributed by atoms with Crippen LogP contribution in [0.2, 0.25) is 5.02 Å². The molecule has 432 valence electrons. The molecule has 0 bridgehead atoms. The summed E-state index contributed by atoms with van der Waals surface area (Å²) in [5.41, 5.74) is 1.98. The van der Waals surface area contributed by atoms with Gasteiger partial charge in [-0.25, -0.2) is 14.3 Å². The van der Waals surface area contributed by atoms with Crippen LogP contribution in [-0.4, -0.2) is 159 Å². The van der Waals surface area contributed by atoms with Gasteiger partial charge in [0.15, 0.2) is 6.10 Å². The first kappa shape index (κ1) is 61.9. The minimum Gasteiger partial charge on any atom is -0.495 e. The average molecular weight is 1130 g/mol. The second-order valence-corrected chi connectivity index (χ2v) is 20.7. The molecule has 0 saturated carbocycles. The molecule has 2 N–H and O–H groups in total. The van der Waals surface area contributed by atoms with Crippen molar-refractivity contribution in [2.75, 3.05) is 73.1 Å². The largest absolute Gasteiger partial charge is 0.495 e. The molecule has 4 amide bonds. The molecule has 0 spiro atoms. The first-order valence-electron chi connectivity index (χ1n) is 26.5. The zero-order valence-corrected chi connectivity index (χ0v) is 46.4. The highest BCUT2D eigenvalue weighted by atomic mass is 35.5. The summed E-state index contributed by atoms with van der Waals surface area (Å²) in [5, 5.41) is 14.9. The molecule has 0 radical (unpaired) electrons. The van der Waals surface area contributed by atoms with Crippen LogP contribution < -0.4 is 15.4 Å². The van der Waals surface area contributed by atoms with Gasteiger partial charge in [0.2, 0.25) is 11.8 Å². The molecule has 6 atom stereocenters. The van der Waals surface area contributed by atoms with E-state index >= 15 is 0 Å². The third-order valence-corrected chi connectivity index (χ3v) is 13.2. The predicted octanol–water partition coefficient (Wildman–Crippen LogP) is 4.34. The average Bonchev–Trinajstić information content (AvgIpc) is 4.10. The van der Waals surface area contributed by atoms with Gasteiger partial charge in [0, 0.05) is 38.1 Å². The fourth-order valence-electron chi connectivity index (χ4n) is 8.32. The number of halogens is 1. The highest BCUT2D eigenvalue weighted by molar-refractivity contribution is 6.32. The summed E-state index contributed by atoms with van der Waals surface area (Å²) in [6.07, 6.45) is 2.50. The van der Waals surface area contributed by atoms with Crippen LogP contribution >= 0.6 is 11.6 Å². The van der Waals surface area contributed by atoms with Crippen LogP contribution in [-0.2, 0) is 95.9 Å². The van der Waals surface area contributed by atoms with Crippen molar-refractivity contribution in [3.05, 3.63) is 88.2 Å². The lowest BCUT2D eigenvalue weighted by molar-refractivity contribution is -0.198. The molecule has 2 fully saturated rings. The number of hydrogen-bond donors (Lipinski definition) is 2. The van der Waals surface area contributed by atoms with Gasteiger partial charge in [-0.15, -0.1) is 10.2 Å². The van der Waals surface area contributed by atoms with E-state index in [9.17, 15) is 33.6 Å². The van der Waals surface area contributed by atoms with Gasteiger partial charge in [-0.2, -0.15) is 0 Å². The normalized spacial score (nSPS) is 21.8. The fraction of sp³-hybridized carbons (Fsp3) is 0.582. The Bertz CT molecular complexity index is 2540. The van der Waals surface area contributed by atoms with Crippen LogP contribution in [0.3, 0.4) is 0 Å². The molecule has 24 heteroatoms. The summed E-state index contributed by atoms with van der Waals surface area (Å²) in [7, 11) is 1.50. The Morgan fingerprint density at radius 2 is 1.47 bits per heavy atom. The van der Waals surface area contributed by atoms with E-state index in [1.54, 1.807) is 42.8 Å². The van der Waals surface area contributed by atoms with E-state index in [0.717, 1.165) is 11.1 Å². The molecule has 0 unspecified atom stereocenters. The first-order chi connectivity index (χ1) is 37.9. The Hall–Kier alpha value is -6.34. The molecular formula is C55H73ClN6O17. The number of hydrogen-bond acceptors (Lipinski definition) is 19. The minimum atomic E-state index is -1.25. The monoisotopic (exact) mass is 1120 g/mol. The maximum absolute atomic E-state index is 13.9. The van der Waals surface area contributed by atoms with Crippen molar-refractivity contribution in [1.82, 2.24) is 30.7 Å². The number of nitrogens with one attached hydrogen (secondary N) is 2. The zero-order chi connectivity index (χ0) is 56.9. The highest BCUT2D eigenvalue weighted by Crippen LogP contribution is 2.45. The number of amides is 4. The van der Waals surface area contributed by atoms with Crippen molar-refractivity contribution in [2.45, 2.75) is 117 Å². The topological polar surface area (TPSA) is 273 Å². The van der Waals surface area contributed by atoms with E-state index in [1.165, 1.54) is 13.2 Å². The molecule has 1 aromatic heterocycles. The van der Waals surface area contributed by atoms with Crippen LogP contribution in [0.5, 0.6) is 5.75 Å². The van der Waals surface area contributed by atoms with Crippen molar-refractivity contribution < 1.29 is 81.0 Å². The van der Waals surface area contributed by atoms with Crippen molar-refractivity contribution in [1.29, 1.82) is 0 Å². The molecule has 3 aromatic rings. The Kier molecular flexibility index (Phi) is 24.2. The summed E-state index contributed by atoms with van der Waals surface area (Å²) in [6.45, 7) is 12.3. The lowest BCUT2D eigenvalue weighted by atomic mass is 9.92. The van der Waals surface area contributed by atoms with Gasteiger partial charge in [0.25, 0.3) is 11.8 Å². The predicted molar refractivity (Wildman–Crippen MR) is 280 cm³/mol. The summed E-state index contributed by atoms with van der Waals surface area (Å²) in [6, 6.07) is 12.0. The quantitative estimate of drug-likeness (QED) is 0.0443. The number of esters is 2. The van der Waals surface area contributed by atoms with Crippen LogP contribution in [0.1, 0.15) is 95.2 Å². The van der Waals surface area contributed by atoms with Gasteiger partial charge in [-0.3, -0.25) is 24.0 Å². The van der Waals surface area contributed by atoms with E-state index in [2.05, 4.69) is 20.9 Å². The summed E-state index contributed by atoms with van der Waals surface area (Å²) < 4.78 is 52.8. The van der Waals surface area contributed by atoms with E-state index in [4.69, 9.17) is 59.1 Å². The Morgan fingerprint density at radius 1 is 0.835 bits per heavy atom. The Labute approximate surface area is 464 Å². The second-order valence-electron chi connectivity index (χ2n) is 20.3. The zero-order valence-electron chi connectivity index (χ0n) is 45.6. The SMILES string of the molecule is COc1ccc(C[C@H]2NC(=O)/C=C/C[C@@H]([C@H](C)[C@H]3O[C@@H]3c3ccc(Cn4cc(COCCOCCOCCOCCOCCC(=O)ON5C(=O)CCC5=O)nn4)cc3)OC(=O)[C@H](CC(C)C)OC(=O)C(C)(C)CNC2=O)cc1Cl. The molecule has 2 aromatic carbocycles. The number of benzene rings is 2. The van der Waals surface area contributed by atoms with Gasteiger partial charge < -0.3 is 58.1 Å². The van der Waals surface area contributed by atoms with Crippen molar-refractivity contribution in [2.24, 2.45) is 17.3 Å². The Balaban J connectivity index is 0.907. The van der Waals surface area contributed by atoms with Crippen LogP contribution in [0.4, 0.5) is 0 Å². The molecule has 3 aliphatic heterocycles. The second kappa shape index (κ2) is 30.9. The molecule has 6 rings (SSSR count). The lowest BCUT2D eigenvalue weighted by Crippen LogP contribution is -2.51. The van der Waals surface area contributed by atoms with Crippen molar-refractivity contribution in [3.63, 3.8) is 0 Å². The molecule has 79 heavy (non-hydrogen) atoms. The number of carbonyl (C=O) groups is 7. The number of methoxy groups -OCH3 is 1. The molecule has 3 aliphatic rings. The summed E-state index contributed by atoms with van der Waals surface area (Å²) >= 11 is 6.38. The van der Waals surface area contributed by atoms with Gasteiger partial charge in [-0.05, 0) is 61.1 Å². The van der Waals surface area contributed by atoms with Crippen LogP contribution in [0, 0.1) is 17.3 Å². The van der Waals surface area contributed by atoms with Crippen LogP contribution in [0.15, 0.2) is 60.8 Å². The van der Waals surface area contributed by atoms with Crippen molar-refractivity contribution in [3.8, 4) is 5.75 Å². The summed E-state index contributed by atoms with van der Waals surface area (Å²) in [4.78, 5) is 94.2. The fourth-order valence-corrected chi connectivity index (χ4v) is 8.60. The Morgan fingerprint density at radius 3 is 2.10 bits per heavy atom. The third-order valence-electron chi connectivity index (χ3n) is 12.9. The minimum absolute atomic E-state index is 0.0328. The molecule has 2 saturated heterocycles. The van der Waals surface area contributed by atoms with Crippen LogP contribution in [0.25, 0.3) is 0 Å². The van der Waals surface area contributed by atoms with E-state index < -0.39 is 65.2 Å². The van der Waals surface area contributed by atoms with E-state index in [0.29, 0.717) is 79.9 Å². The van der Waals surface area contributed by atoms with Gasteiger partial charge in [-0.1, -0.05) is 74.0 Å². The number of imide groups is 1. The van der Waals surface area contributed by atoms with Gasteiger partial charge >= 0.3 is 17.9 Å². The smallest absolute Gasteiger partial charge is 0.347 e. The summed E-state index contributed by atoms with van der Waals surface area (Å²) in [5.74, 6) is -4.18. The van der Waals surface area contributed by atoms with E-state index in [-0.39, 0.29) is 88.9 Å². The van der Waals surface area contributed by atoms with Gasteiger partial charge in [0.05, 0.1) is 109 Å². The number of cyclic esters (lactones) is 2. The number of carbonyl (C=O) groups excluding carboxylic acids is 7. The van der Waals surface area contributed by atoms with Crippen molar-refractivity contribution >= 4 is 53.1 Å². The molecular weight excluding hydrogens is 1050 g/mol. The standard InChI is InChI=1S/C55H73ClN6O17/c1-35(2)28-45-53(68)76-43(8-7-9-46(63)58-42(30-38-12-15-44(70-6)41(56)29-38)52(67)57-34-55(4,5)54(69)77-45)36(3)50-51(78-50)39-13-10-37(11-14-39)31-61-32-40(59-60-61)33-75-27-26-74-25-24-73-23-22-72-21-20-71-19-18-49(66)79-62-47(64)16-17-48(62)65/h7,9-15,29,32,35-36,42-43,45,50-51H,8,16-28,30-31,33-34H2,1-6H3,(H,57,67)(H,58,63)/b9-7+/t36-,42+,43-,45-,50+,51+/m0/s1. The molecule has 4 heterocycles. The number of nitrogens with zero attached hydrogens (tertiary/aromatic N) is 4. The highest BCUT2D eigenvalue weighted by Gasteiger charge is 2.48. The lowest BCUT2D eigenvalue weighted by Gasteiger charge is -2.29. The number of epoxide rings is 1. The molecule has 23 nitrogen and oxygen atoms in total. The maximum Gasteiger partial charge on any atom is 0.347 e. The number of hydroxylamine groups is 2. The maximum atomic E-state index is 13.9.